The van der Waals surface area contributed by atoms with Gasteiger partial charge in [-0.05, 0) is 47.9 Å². The number of nitrogens with one attached hydrogen (secondary N) is 1. The van der Waals surface area contributed by atoms with E-state index in [2.05, 4.69) is 10.4 Å². The summed E-state index contributed by atoms with van der Waals surface area (Å²) in [5.41, 5.74) is 3.04. The summed E-state index contributed by atoms with van der Waals surface area (Å²) in [6, 6.07) is 18.0. The van der Waals surface area contributed by atoms with Crippen LogP contribution in [0.5, 0.6) is 23.0 Å². The zero-order chi connectivity index (χ0) is 26.4. The highest BCUT2D eigenvalue weighted by molar-refractivity contribution is 6.05. The number of carbonyl (C=O) groups is 2. The molecule has 1 aromatic heterocycles. The first-order valence-corrected chi connectivity index (χ1v) is 12.6. The molecule has 1 fully saturated rings. The van der Waals surface area contributed by atoms with Crippen LogP contribution < -0.4 is 14.8 Å². The number of hydrogen-bond acceptors (Lipinski definition) is 6. The van der Waals surface area contributed by atoms with Crippen molar-refractivity contribution < 1.29 is 24.2 Å². The lowest BCUT2D eigenvalue weighted by Gasteiger charge is -2.21. The quantitative estimate of drug-likeness (QED) is 0.424. The Hall–Kier alpha value is -4.53. The standard InChI is InChI=1S/C29H28N4O5/c1-32-22-6-4-3-5-19(22)28(31-32)29(36)33-15-20-18-9-11-24(37-2)26(14-18)38-25-13-17(7-10-23(25)34)8-12-27(35)30-21(20)16-33/h3-7,9-11,13-14,20-21,34H,8,12,15-16H2,1-2H3,(H,30,35)/t20-,21+/m0/s1. The van der Waals surface area contributed by atoms with E-state index in [1.54, 1.807) is 41.0 Å². The van der Waals surface area contributed by atoms with Crippen molar-refractivity contribution in [3.05, 3.63) is 77.5 Å². The Bertz CT molecular complexity index is 1560. The molecule has 38 heavy (non-hydrogen) atoms. The van der Waals surface area contributed by atoms with Gasteiger partial charge in [0, 0.05) is 37.9 Å². The van der Waals surface area contributed by atoms with Crippen molar-refractivity contribution in [3.63, 3.8) is 0 Å². The number of hydrogen-bond donors (Lipinski definition) is 2. The lowest BCUT2D eigenvalue weighted by molar-refractivity contribution is -0.121. The van der Waals surface area contributed by atoms with E-state index in [9.17, 15) is 14.7 Å². The van der Waals surface area contributed by atoms with Crippen LogP contribution in [0.3, 0.4) is 0 Å². The van der Waals surface area contributed by atoms with Gasteiger partial charge < -0.3 is 24.8 Å². The minimum absolute atomic E-state index is 0.00127. The molecular formula is C29H28N4O5. The average molecular weight is 513 g/mol. The van der Waals surface area contributed by atoms with Crippen LogP contribution in [0, 0.1) is 0 Å². The molecular weight excluding hydrogens is 484 g/mol. The molecule has 9 heteroatoms. The molecule has 4 bridgehead atoms. The first-order valence-electron chi connectivity index (χ1n) is 12.6. The second kappa shape index (κ2) is 9.41. The second-order valence-corrected chi connectivity index (χ2v) is 9.79. The molecule has 1 saturated heterocycles. The number of phenolic OH excluding ortho intramolecular Hbond substituents is 1. The maximum absolute atomic E-state index is 13.7. The van der Waals surface area contributed by atoms with Crippen molar-refractivity contribution in [2.24, 2.45) is 7.05 Å². The fourth-order valence-corrected chi connectivity index (χ4v) is 5.43. The first kappa shape index (κ1) is 23.8. The number of nitrogens with zero attached hydrogens (tertiary/aromatic N) is 3. The normalized spacial score (nSPS) is 19.0. The van der Waals surface area contributed by atoms with Crippen molar-refractivity contribution in [2.45, 2.75) is 24.8 Å². The summed E-state index contributed by atoms with van der Waals surface area (Å²) in [7, 11) is 3.38. The summed E-state index contributed by atoms with van der Waals surface area (Å²) >= 11 is 0. The Morgan fingerprint density at radius 3 is 2.76 bits per heavy atom. The third-order valence-electron chi connectivity index (χ3n) is 7.41. The third-order valence-corrected chi connectivity index (χ3v) is 7.41. The molecule has 194 valence electrons. The molecule has 0 saturated carbocycles. The summed E-state index contributed by atoms with van der Waals surface area (Å²) in [6.07, 6.45) is 0.754. The Labute approximate surface area is 219 Å². The van der Waals surface area contributed by atoms with Crippen LogP contribution in [0.2, 0.25) is 0 Å². The zero-order valence-corrected chi connectivity index (χ0v) is 21.2. The molecule has 3 aromatic carbocycles. The SMILES string of the molecule is COc1ccc2cc1Oc1cc(ccc1O)CCC(=O)N[C@@H]1CN(C(=O)c3nn(C)c4ccccc34)C[C@@H]21. The van der Waals surface area contributed by atoms with Crippen molar-refractivity contribution in [1.29, 1.82) is 0 Å². The number of benzene rings is 3. The topological polar surface area (TPSA) is 106 Å². The number of aromatic nitrogens is 2. The number of carbonyl (C=O) groups excluding carboxylic acids is 2. The molecule has 3 heterocycles. The van der Waals surface area contributed by atoms with Gasteiger partial charge in [0.1, 0.15) is 0 Å². The molecule has 0 aliphatic carbocycles. The minimum atomic E-state index is -0.292. The minimum Gasteiger partial charge on any atom is -0.504 e. The Balaban J connectivity index is 1.38. The molecule has 2 N–H and O–H groups in total. The first-order chi connectivity index (χ1) is 18.4. The van der Waals surface area contributed by atoms with E-state index >= 15 is 0 Å². The van der Waals surface area contributed by atoms with E-state index in [-0.39, 0.29) is 35.9 Å². The molecule has 0 radical (unpaired) electrons. The smallest absolute Gasteiger partial charge is 0.275 e. The average Bonchev–Trinajstić information content (AvgIpc) is 3.49. The van der Waals surface area contributed by atoms with Crippen molar-refractivity contribution >= 4 is 22.7 Å². The predicted octanol–water partition coefficient (Wildman–Crippen LogP) is 3.75. The fraction of sp³-hybridized carbons (Fsp3) is 0.276. The van der Waals surface area contributed by atoms with Crippen LogP contribution in [-0.4, -0.2) is 57.8 Å². The number of aryl methyl sites for hydroxylation is 2. The van der Waals surface area contributed by atoms with Gasteiger partial charge in [-0.2, -0.15) is 5.10 Å². The number of amides is 2. The van der Waals surface area contributed by atoms with E-state index in [1.165, 1.54) is 0 Å². The molecule has 2 aliphatic heterocycles. The van der Waals surface area contributed by atoms with Crippen LogP contribution in [0.1, 0.15) is 34.0 Å². The molecule has 4 aromatic rings. The lowest BCUT2D eigenvalue weighted by atomic mass is 9.93. The van der Waals surface area contributed by atoms with E-state index < -0.39 is 0 Å². The molecule has 2 atom stereocenters. The van der Waals surface area contributed by atoms with Crippen molar-refractivity contribution in [3.8, 4) is 23.0 Å². The molecule has 2 aliphatic rings. The second-order valence-electron chi connectivity index (χ2n) is 9.79. The number of phenols is 1. The summed E-state index contributed by atoms with van der Waals surface area (Å²) in [5.74, 6) is 0.805. The van der Waals surface area contributed by atoms with Crippen LogP contribution in [0.25, 0.3) is 10.9 Å². The number of fused-ring (bicyclic) bond motifs is 7. The predicted molar refractivity (Wildman–Crippen MR) is 141 cm³/mol. The van der Waals surface area contributed by atoms with Crippen LogP contribution in [0.4, 0.5) is 0 Å². The third kappa shape index (κ3) is 4.19. The largest absolute Gasteiger partial charge is 0.504 e. The van der Waals surface area contributed by atoms with Gasteiger partial charge in [0.25, 0.3) is 5.91 Å². The lowest BCUT2D eigenvalue weighted by Crippen LogP contribution is -2.40. The van der Waals surface area contributed by atoms with Gasteiger partial charge in [0.15, 0.2) is 28.7 Å². The van der Waals surface area contributed by atoms with E-state index in [1.807, 2.05) is 43.4 Å². The van der Waals surface area contributed by atoms with Gasteiger partial charge in [0.05, 0.1) is 18.7 Å². The summed E-state index contributed by atoms with van der Waals surface area (Å²) < 4.78 is 13.4. The maximum Gasteiger partial charge on any atom is 0.275 e. The van der Waals surface area contributed by atoms with Crippen molar-refractivity contribution in [2.75, 3.05) is 20.2 Å². The molecule has 6 rings (SSSR count). The van der Waals surface area contributed by atoms with Gasteiger partial charge in [-0.1, -0.05) is 30.3 Å². The highest BCUT2D eigenvalue weighted by atomic mass is 16.5. The van der Waals surface area contributed by atoms with E-state index in [0.29, 0.717) is 42.5 Å². The Morgan fingerprint density at radius 2 is 1.92 bits per heavy atom. The van der Waals surface area contributed by atoms with Crippen LogP contribution >= 0.6 is 0 Å². The van der Waals surface area contributed by atoms with Gasteiger partial charge in [-0.15, -0.1) is 0 Å². The maximum atomic E-state index is 13.7. The van der Waals surface area contributed by atoms with Crippen LogP contribution in [0.15, 0.2) is 60.7 Å². The number of aromatic hydroxyl groups is 1. The number of ether oxygens (including phenoxy) is 2. The number of methoxy groups -OCH3 is 1. The summed E-state index contributed by atoms with van der Waals surface area (Å²) in [6.45, 7) is 0.760. The number of likely N-dealkylation sites (tertiary alicyclic amines) is 1. The Kier molecular flexibility index (Phi) is 5.90. The van der Waals surface area contributed by atoms with Gasteiger partial charge in [-0.25, -0.2) is 0 Å². The highest BCUT2D eigenvalue weighted by Crippen LogP contribution is 2.40. The zero-order valence-electron chi connectivity index (χ0n) is 21.2. The van der Waals surface area contributed by atoms with Gasteiger partial charge >= 0.3 is 0 Å². The van der Waals surface area contributed by atoms with E-state index in [0.717, 1.165) is 22.0 Å². The Morgan fingerprint density at radius 1 is 1.08 bits per heavy atom. The molecule has 2 amide bonds. The van der Waals surface area contributed by atoms with Gasteiger partial charge in [0.2, 0.25) is 5.91 Å². The van der Waals surface area contributed by atoms with Crippen LogP contribution in [-0.2, 0) is 18.3 Å². The fourth-order valence-electron chi connectivity index (χ4n) is 5.43. The molecule has 9 nitrogen and oxygen atoms in total. The molecule has 0 unspecified atom stereocenters. The van der Waals surface area contributed by atoms with E-state index in [4.69, 9.17) is 9.47 Å². The monoisotopic (exact) mass is 512 g/mol. The summed E-state index contributed by atoms with van der Waals surface area (Å²) in [4.78, 5) is 28.5. The highest BCUT2D eigenvalue weighted by Gasteiger charge is 2.39. The molecule has 0 spiro atoms. The van der Waals surface area contributed by atoms with Gasteiger partial charge in [-0.3, -0.25) is 14.3 Å². The number of rotatable bonds is 2. The van der Waals surface area contributed by atoms with Crippen molar-refractivity contribution in [1.82, 2.24) is 20.0 Å². The summed E-state index contributed by atoms with van der Waals surface area (Å²) in [5, 5.41) is 18.9. The number of para-hydroxylation sites is 1.